The van der Waals surface area contributed by atoms with Crippen LogP contribution >= 0.6 is 0 Å². The summed E-state index contributed by atoms with van der Waals surface area (Å²) in [6.07, 6.45) is 6.00. The predicted molar refractivity (Wildman–Crippen MR) is 59.1 cm³/mol. The minimum atomic E-state index is -4.21. The molecule has 0 aliphatic heterocycles. The van der Waals surface area contributed by atoms with E-state index in [1.807, 2.05) is 0 Å². The Morgan fingerprint density at radius 2 is 1.50 bits per heavy atom. The van der Waals surface area contributed by atoms with Crippen LogP contribution in [0.15, 0.2) is 24.3 Å². The Hall–Kier alpha value is -0.770. The van der Waals surface area contributed by atoms with Crippen molar-refractivity contribution < 1.29 is 18.3 Å². The van der Waals surface area contributed by atoms with Crippen LogP contribution in [0.3, 0.4) is 0 Å². The quantitative estimate of drug-likeness (QED) is 0.499. The monoisotopic (exact) mass is 236 g/mol. The van der Waals surface area contributed by atoms with Gasteiger partial charge < -0.3 is 5.11 Å². The fraction of sp³-hybridized carbons (Fsp3) is 0.667. The van der Waals surface area contributed by atoms with E-state index in [1.54, 1.807) is 6.08 Å². The molecule has 0 heterocycles. The number of rotatable bonds is 8. The van der Waals surface area contributed by atoms with E-state index in [0.717, 1.165) is 44.6 Å². The van der Waals surface area contributed by atoms with Crippen LogP contribution in [-0.4, -0.2) is 17.9 Å². The fourth-order valence-electron chi connectivity index (χ4n) is 1.24. The molecule has 0 aliphatic rings. The smallest absolute Gasteiger partial charge is 0.396 e. The number of aliphatic hydroxyl groups is 1. The molecule has 0 unspecified atom stereocenters. The Morgan fingerprint density at radius 1 is 0.875 bits per heavy atom. The maximum absolute atomic E-state index is 11.7. The van der Waals surface area contributed by atoms with E-state index in [9.17, 15) is 13.2 Å². The van der Waals surface area contributed by atoms with Gasteiger partial charge in [0.2, 0.25) is 0 Å². The zero-order valence-electron chi connectivity index (χ0n) is 9.34. The molecule has 0 radical (unpaired) electrons. The highest BCUT2D eigenvalue weighted by atomic mass is 19.4. The summed E-state index contributed by atoms with van der Waals surface area (Å²) in [6, 6.07) is 0. The molecule has 16 heavy (non-hydrogen) atoms. The summed E-state index contributed by atoms with van der Waals surface area (Å²) in [5, 5.41) is 8.52. The van der Waals surface area contributed by atoms with Crippen molar-refractivity contribution in [1.82, 2.24) is 0 Å². The first-order chi connectivity index (χ1) is 7.56. The zero-order chi connectivity index (χ0) is 12.3. The van der Waals surface area contributed by atoms with Crippen LogP contribution < -0.4 is 0 Å². The van der Waals surface area contributed by atoms with Crippen LogP contribution in [0.1, 0.15) is 38.5 Å². The third-order valence-electron chi connectivity index (χ3n) is 2.06. The number of aliphatic hydroxyl groups excluding tert-OH is 1. The molecule has 1 nitrogen and oxygen atoms in total. The molecule has 0 saturated carbocycles. The SMILES string of the molecule is OCCCCCCC/C=C/C=C/C(F)(F)F. The van der Waals surface area contributed by atoms with Gasteiger partial charge in [0.1, 0.15) is 0 Å². The Bertz CT molecular complexity index is 207. The topological polar surface area (TPSA) is 20.2 Å². The normalized spacial score (nSPS) is 13.0. The highest BCUT2D eigenvalue weighted by Gasteiger charge is 2.21. The van der Waals surface area contributed by atoms with Crippen molar-refractivity contribution >= 4 is 0 Å². The zero-order valence-corrected chi connectivity index (χ0v) is 9.34. The summed E-state index contributed by atoms with van der Waals surface area (Å²) < 4.78 is 35.0. The van der Waals surface area contributed by atoms with Crippen LogP contribution in [0, 0.1) is 0 Å². The Balaban J connectivity index is 3.32. The van der Waals surface area contributed by atoms with Gasteiger partial charge in [0.15, 0.2) is 0 Å². The Morgan fingerprint density at radius 3 is 2.12 bits per heavy atom. The lowest BCUT2D eigenvalue weighted by molar-refractivity contribution is -0.0798. The lowest BCUT2D eigenvalue weighted by Gasteiger charge is -1.97. The number of unbranched alkanes of at least 4 members (excludes halogenated alkanes) is 5. The minimum Gasteiger partial charge on any atom is -0.396 e. The summed E-state index contributed by atoms with van der Waals surface area (Å²) in [6.45, 7) is 0.238. The van der Waals surface area contributed by atoms with Crippen molar-refractivity contribution in [2.24, 2.45) is 0 Å². The molecule has 1 N–H and O–H groups in total. The molecule has 0 aromatic heterocycles. The third-order valence-corrected chi connectivity index (χ3v) is 2.06. The van der Waals surface area contributed by atoms with E-state index in [0.29, 0.717) is 0 Å². The van der Waals surface area contributed by atoms with Gasteiger partial charge in [-0.1, -0.05) is 37.5 Å². The fourth-order valence-corrected chi connectivity index (χ4v) is 1.24. The second-order valence-corrected chi connectivity index (χ2v) is 3.61. The molecule has 4 heteroatoms. The van der Waals surface area contributed by atoms with Crippen LogP contribution in [0.25, 0.3) is 0 Å². The molecule has 94 valence electrons. The van der Waals surface area contributed by atoms with E-state index in [-0.39, 0.29) is 12.7 Å². The van der Waals surface area contributed by atoms with Crippen LogP contribution in [0.5, 0.6) is 0 Å². The number of halogens is 3. The summed E-state index contributed by atoms with van der Waals surface area (Å²) in [7, 11) is 0. The molecule has 0 amide bonds. The summed E-state index contributed by atoms with van der Waals surface area (Å²) in [5.74, 6) is 0. The van der Waals surface area contributed by atoms with Gasteiger partial charge in [-0.05, 0) is 19.3 Å². The Kier molecular flexibility index (Phi) is 9.00. The molecular formula is C12H19F3O. The van der Waals surface area contributed by atoms with Gasteiger partial charge in [-0.2, -0.15) is 13.2 Å². The second kappa shape index (κ2) is 9.46. The molecular weight excluding hydrogens is 217 g/mol. The highest BCUT2D eigenvalue weighted by Crippen LogP contribution is 2.15. The summed E-state index contributed by atoms with van der Waals surface area (Å²) in [4.78, 5) is 0. The van der Waals surface area contributed by atoms with Crippen LogP contribution in [0.2, 0.25) is 0 Å². The predicted octanol–water partition coefficient (Wildman–Crippen LogP) is 3.99. The summed E-state index contributed by atoms with van der Waals surface area (Å²) >= 11 is 0. The third kappa shape index (κ3) is 13.2. The lowest BCUT2D eigenvalue weighted by atomic mass is 10.1. The van der Waals surface area contributed by atoms with Crippen LogP contribution in [-0.2, 0) is 0 Å². The molecule has 0 rings (SSSR count). The van der Waals surface area contributed by atoms with E-state index in [1.165, 1.54) is 6.08 Å². The molecule has 0 fully saturated rings. The van der Waals surface area contributed by atoms with Crippen molar-refractivity contribution in [3.63, 3.8) is 0 Å². The van der Waals surface area contributed by atoms with Gasteiger partial charge in [0.05, 0.1) is 0 Å². The first-order valence-electron chi connectivity index (χ1n) is 5.58. The summed E-state index contributed by atoms with van der Waals surface area (Å²) in [5.41, 5.74) is 0. The molecule has 0 atom stereocenters. The van der Waals surface area contributed by atoms with E-state index in [4.69, 9.17) is 5.11 Å². The van der Waals surface area contributed by atoms with Crippen molar-refractivity contribution in [1.29, 1.82) is 0 Å². The second-order valence-electron chi connectivity index (χ2n) is 3.61. The molecule has 0 aliphatic carbocycles. The first-order valence-corrected chi connectivity index (χ1v) is 5.58. The van der Waals surface area contributed by atoms with Gasteiger partial charge in [-0.25, -0.2) is 0 Å². The van der Waals surface area contributed by atoms with E-state index >= 15 is 0 Å². The number of hydrogen-bond acceptors (Lipinski definition) is 1. The van der Waals surface area contributed by atoms with E-state index in [2.05, 4.69) is 0 Å². The highest BCUT2D eigenvalue weighted by molar-refractivity contribution is 5.04. The van der Waals surface area contributed by atoms with Crippen molar-refractivity contribution in [2.45, 2.75) is 44.7 Å². The number of hydrogen-bond donors (Lipinski definition) is 1. The molecule has 0 aromatic carbocycles. The minimum absolute atomic E-state index is 0.227. The van der Waals surface area contributed by atoms with Crippen molar-refractivity contribution in [2.75, 3.05) is 6.61 Å². The number of allylic oxidation sites excluding steroid dienone is 4. The van der Waals surface area contributed by atoms with Gasteiger partial charge >= 0.3 is 6.18 Å². The van der Waals surface area contributed by atoms with Crippen molar-refractivity contribution in [3.8, 4) is 0 Å². The van der Waals surface area contributed by atoms with Gasteiger partial charge in [-0.15, -0.1) is 0 Å². The molecule has 0 aromatic rings. The molecule has 0 bridgehead atoms. The standard InChI is InChI=1S/C12H19F3O/c13-12(14,15)10-8-6-4-2-1-3-5-7-9-11-16/h4,6,8,10,16H,1-3,5,7,9,11H2/b6-4+,10-8+. The Labute approximate surface area is 94.7 Å². The average Bonchev–Trinajstić information content (AvgIpc) is 2.19. The average molecular weight is 236 g/mol. The maximum atomic E-state index is 11.7. The largest absolute Gasteiger partial charge is 0.409 e. The number of alkyl halides is 3. The van der Waals surface area contributed by atoms with Crippen molar-refractivity contribution in [3.05, 3.63) is 24.3 Å². The van der Waals surface area contributed by atoms with E-state index < -0.39 is 6.18 Å². The van der Waals surface area contributed by atoms with Gasteiger partial charge in [0.25, 0.3) is 0 Å². The van der Waals surface area contributed by atoms with Crippen LogP contribution in [0.4, 0.5) is 13.2 Å². The van der Waals surface area contributed by atoms with Gasteiger partial charge in [-0.3, -0.25) is 0 Å². The molecule has 0 spiro atoms. The molecule has 0 saturated heterocycles. The maximum Gasteiger partial charge on any atom is 0.409 e. The first kappa shape index (κ1) is 15.2. The lowest BCUT2D eigenvalue weighted by Crippen LogP contribution is -1.99. The van der Waals surface area contributed by atoms with Gasteiger partial charge in [0, 0.05) is 12.7 Å².